The Kier molecular flexibility index (Phi) is 29.6. The van der Waals surface area contributed by atoms with Gasteiger partial charge in [0.05, 0.1) is 17.6 Å². The summed E-state index contributed by atoms with van der Waals surface area (Å²) in [7, 11) is 0. The number of nitrogens with two attached hydrogens (primary N) is 1. The SMILES string of the molecule is C=C1CC[CH-]CC1.C=CC.CC.Cc1ccc(/C=N/O)cc1C.Cc1ccc(C2=NOC3(CCC(N)CC3)C2)cc1C.Cc1ccc(C2=NOC3(CC[CH-]CC3)C2)cc1C.Cl.[Ru+].[Ru+]. The monoisotopic (exact) mass is 1060 g/mol. The molecule has 0 amide bonds. The van der Waals surface area contributed by atoms with Crippen LogP contribution in [0.25, 0.3) is 0 Å². The maximum Gasteiger partial charge on any atom is 1.00 e. The molecule has 0 unspecified atom stereocenters. The number of benzene rings is 3. The molecular weight excluding hydrogens is 978 g/mol. The fourth-order valence-corrected chi connectivity index (χ4v) is 7.69. The molecule has 3 aliphatic carbocycles. The van der Waals surface area contributed by atoms with Crippen molar-refractivity contribution in [2.24, 2.45) is 21.2 Å². The standard InChI is InChI=1S/C16H22N2O.C16H20NO.C9H11NO.C7H11.C3H6.C2H6.ClH.2Ru/c1-11-3-4-13(9-12(11)2)15-10-16(19-18-15)7-5-14(17)6-8-16;1-12-6-7-14(10-13(12)2)15-11-16(18-17-15)8-4-3-5-9-16;1-7-3-4-9(6-10-11)5-8(7)2;1-7-5-3-2-4-6-7;1-3-2;1-2;;;/h3-4,9,14H,5-8,10,17H2,1-2H3;3,6-7,10H,4-5,8-9,11H2,1-2H3;3-6,11H,1-2H3;2H,1,3-6H2;3H,1H2,2H3;1-2H3;1H;;/q;-1;;-1;;;;2*+1/b;;10-6+;;;;;;. The number of hydrogen-bond donors (Lipinski definition) is 2. The number of oxime groups is 3. The van der Waals surface area contributed by atoms with E-state index in [9.17, 15) is 0 Å². The summed E-state index contributed by atoms with van der Waals surface area (Å²) in [4.78, 5) is 11.6. The molecule has 63 heavy (non-hydrogen) atoms. The first-order chi connectivity index (χ1) is 28.8. The summed E-state index contributed by atoms with van der Waals surface area (Å²) in [5.41, 5.74) is 20.7. The van der Waals surface area contributed by atoms with Crippen molar-refractivity contribution >= 4 is 30.0 Å². The first-order valence-electron chi connectivity index (χ1n) is 22.3. The van der Waals surface area contributed by atoms with Crippen molar-refractivity contribution in [2.45, 2.75) is 169 Å². The maximum atomic E-state index is 8.25. The minimum Gasteiger partial charge on any atom is -0.411 e. The Balaban J connectivity index is 0.000000811. The van der Waals surface area contributed by atoms with Crippen molar-refractivity contribution in [3.63, 3.8) is 0 Å². The van der Waals surface area contributed by atoms with Gasteiger partial charge in [0, 0.05) is 18.9 Å². The number of nitrogens with zero attached hydrogens (tertiary/aromatic N) is 3. The van der Waals surface area contributed by atoms with Crippen LogP contribution in [0.1, 0.15) is 161 Å². The summed E-state index contributed by atoms with van der Waals surface area (Å²) in [5, 5.41) is 19.9. The summed E-state index contributed by atoms with van der Waals surface area (Å²) in [6.45, 7) is 25.8. The molecule has 3 N–H and O–H groups in total. The zero-order valence-electron chi connectivity index (χ0n) is 39.7. The summed E-state index contributed by atoms with van der Waals surface area (Å²) in [6, 6.07) is 19.3. The summed E-state index contributed by atoms with van der Waals surface area (Å²) in [5.74, 6) is 0. The number of halogens is 1. The predicted molar refractivity (Wildman–Crippen MR) is 263 cm³/mol. The van der Waals surface area contributed by atoms with Gasteiger partial charge in [0.2, 0.25) is 0 Å². The molecule has 0 aromatic heterocycles. The Morgan fingerprint density at radius 2 is 1.08 bits per heavy atom. The van der Waals surface area contributed by atoms with Gasteiger partial charge in [-0.2, -0.15) is 25.7 Å². The molecule has 2 aliphatic heterocycles. The molecule has 0 bridgehead atoms. The third-order valence-electron chi connectivity index (χ3n) is 12.0. The molecule has 0 saturated heterocycles. The van der Waals surface area contributed by atoms with E-state index in [-0.39, 0.29) is 62.6 Å². The Bertz CT molecular complexity index is 1910. The van der Waals surface area contributed by atoms with E-state index in [0.717, 1.165) is 81.2 Å². The second-order valence-corrected chi connectivity index (χ2v) is 16.9. The average molecular weight is 1060 g/mol. The normalized spacial score (nSPS) is 20.0. The Morgan fingerprint density at radius 1 is 0.683 bits per heavy atom. The minimum atomic E-state index is -0.0655. The smallest absolute Gasteiger partial charge is 0.411 e. The van der Waals surface area contributed by atoms with E-state index in [1.165, 1.54) is 82.0 Å². The molecule has 0 atom stereocenters. The molecule has 350 valence electrons. The van der Waals surface area contributed by atoms with E-state index in [1.807, 2.05) is 45.9 Å². The van der Waals surface area contributed by atoms with E-state index >= 15 is 0 Å². The van der Waals surface area contributed by atoms with Gasteiger partial charge < -0.3 is 33.5 Å². The van der Waals surface area contributed by atoms with Crippen molar-refractivity contribution < 1.29 is 53.8 Å². The molecular formula is C53H77ClN4O3Ru2. The van der Waals surface area contributed by atoms with E-state index in [4.69, 9.17) is 20.6 Å². The van der Waals surface area contributed by atoms with Crippen LogP contribution in [-0.2, 0) is 48.6 Å². The Labute approximate surface area is 414 Å². The molecule has 2 heterocycles. The number of allylic oxidation sites excluding steroid dienone is 2. The second-order valence-electron chi connectivity index (χ2n) is 16.9. The van der Waals surface area contributed by atoms with Crippen LogP contribution < -0.4 is 5.73 Å². The molecule has 3 aromatic carbocycles. The van der Waals surface area contributed by atoms with Crippen molar-refractivity contribution in [3.05, 3.63) is 142 Å². The van der Waals surface area contributed by atoms with Gasteiger partial charge in [-0.15, -0.1) is 25.6 Å². The van der Waals surface area contributed by atoms with Crippen LogP contribution >= 0.6 is 12.4 Å². The number of rotatable bonds is 3. The molecule has 3 aromatic rings. The first kappa shape index (κ1) is 60.0. The van der Waals surface area contributed by atoms with Crippen molar-refractivity contribution in [1.29, 1.82) is 0 Å². The molecule has 5 aliphatic rings. The average Bonchev–Trinajstić information content (AvgIpc) is 3.86. The predicted octanol–water partition coefficient (Wildman–Crippen LogP) is 14.1. The fourth-order valence-electron chi connectivity index (χ4n) is 7.69. The second kappa shape index (κ2) is 31.1. The van der Waals surface area contributed by atoms with Crippen molar-refractivity contribution in [2.75, 3.05) is 0 Å². The van der Waals surface area contributed by atoms with Crippen molar-refractivity contribution in [3.8, 4) is 0 Å². The van der Waals surface area contributed by atoms with Crippen LogP contribution in [0.2, 0.25) is 0 Å². The van der Waals surface area contributed by atoms with Gasteiger partial charge in [0.1, 0.15) is 11.2 Å². The maximum absolute atomic E-state index is 8.25. The van der Waals surface area contributed by atoms with Gasteiger partial charge in [-0.05, 0) is 149 Å². The largest absolute Gasteiger partial charge is 1.00 e. The summed E-state index contributed by atoms with van der Waals surface area (Å²) >= 11 is 0. The van der Waals surface area contributed by atoms with E-state index in [0.29, 0.717) is 6.04 Å². The van der Waals surface area contributed by atoms with Gasteiger partial charge in [0.25, 0.3) is 0 Å². The van der Waals surface area contributed by atoms with E-state index in [2.05, 4.69) is 112 Å². The van der Waals surface area contributed by atoms with Crippen LogP contribution in [0.5, 0.6) is 0 Å². The van der Waals surface area contributed by atoms with Gasteiger partial charge in [-0.3, -0.25) is 0 Å². The van der Waals surface area contributed by atoms with Crippen LogP contribution in [-0.4, -0.2) is 40.1 Å². The first-order valence-corrected chi connectivity index (χ1v) is 22.3. The zero-order chi connectivity index (χ0) is 44.1. The van der Waals surface area contributed by atoms with Crippen molar-refractivity contribution in [1.82, 2.24) is 0 Å². The molecule has 8 rings (SSSR count). The van der Waals surface area contributed by atoms with Gasteiger partial charge in [-0.1, -0.05) is 96.3 Å². The molecule has 3 saturated carbocycles. The topological polar surface area (TPSA) is 102 Å². The Hall–Kier alpha value is -2.95. The molecule has 2 radical (unpaired) electrons. The van der Waals surface area contributed by atoms with Gasteiger partial charge >= 0.3 is 39.0 Å². The van der Waals surface area contributed by atoms with Gasteiger partial charge in [-0.25, -0.2) is 0 Å². The van der Waals surface area contributed by atoms with Gasteiger partial charge in [0.15, 0.2) is 0 Å². The Morgan fingerprint density at radius 3 is 1.46 bits per heavy atom. The van der Waals surface area contributed by atoms with Crippen LogP contribution in [0.4, 0.5) is 0 Å². The molecule has 3 fully saturated rings. The quantitative estimate of drug-likeness (QED) is 0.0681. The molecule has 7 nitrogen and oxygen atoms in total. The third kappa shape index (κ3) is 19.6. The van der Waals surface area contributed by atoms with Crippen LogP contribution in [0.3, 0.4) is 0 Å². The number of aryl methyl sites for hydroxylation is 6. The van der Waals surface area contributed by atoms with Crippen LogP contribution in [0.15, 0.2) is 94.9 Å². The van der Waals surface area contributed by atoms with E-state index < -0.39 is 0 Å². The molecule has 10 heteroatoms. The third-order valence-corrected chi connectivity index (χ3v) is 12.0. The summed E-state index contributed by atoms with van der Waals surface area (Å²) in [6.07, 6.45) is 23.5. The summed E-state index contributed by atoms with van der Waals surface area (Å²) < 4.78 is 0. The zero-order valence-corrected chi connectivity index (χ0v) is 44.0. The fraction of sp³-hybridized carbons (Fsp3) is 0.491. The minimum absolute atomic E-state index is 0. The molecule has 2 spiro atoms. The van der Waals surface area contributed by atoms with Crippen LogP contribution in [0, 0.1) is 54.4 Å². The van der Waals surface area contributed by atoms with E-state index in [1.54, 1.807) is 6.08 Å². The number of hydrogen-bond acceptors (Lipinski definition) is 7.